The van der Waals surface area contributed by atoms with Crippen molar-refractivity contribution < 1.29 is 28.6 Å². The van der Waals surface area contributed by atoms with Crippen LogP contribution in [0.15, 0.2) is 48.6 Å². The number of carbonyl (C=O) groups is 3. The molecule has 0 saturated carbocycles. The SMILES string of the molecule is CC/C=C\C/C=C\C/C=C\C/C=C\CCCCCCCCCCC(=O)OCC(COC(=O)CCCCCCCCCCCCCCCCCCCC)OC(=O)CCCCCCCCCCCCCCCCCCCCC. The Balaban J connectivity index is 4.33. The van der Waals surface area contributed by atoms with Crippen LogP contribution in [-0.4, -0.2) is 37.2 Å². The van der Waals surface area contributed by atoms with Gasteiger partial charge in [0.2, 0.25) is 0 Å². The zero-order valence-electron chi connectivity index (χ0n) is 51.0. The third-order valence-electron chi connectivity index (χ3n) is 15.1. The minimum absolute atomic E-state index is 0.0699. The number of esters is 3. The number of unbranched alkanes of at least 4 members (excludes halogenated alkanes) is 43. The largest absolute Gasteiger partial charge is 0.462 e. The van der Waals surface area contributed by atoms with E-state index in [1.807, 2.05) is 0 Å². The normalized spacial score (nSPS) is 12.3. The third kappa shape index (κ3) is 62.2. The summed E-state index contributed by atoms with van der Waals surface area (Å²) in [6, 6.07) is 0. The fourth-order valence-electron chi connectivity index (χ4n) is 10.1. The standard InChI is InChI=1S/C70H128O6/c1-4-7-10-13-16-19-22-25-28-31-34-35-37-39-42-45-48-51-54-57-60-63-69(72)75-66-67(65-74-68(71)62-59-56-53-50-47-44-41-38-33-30-27-24-21-18-15-12-9-6-3)76-70(73)64-61-58-55-52-49-46-43-40-36-32-29-26-23-20-17-14-11-8-5-2/h7,10,16,19,25,28,34-35,67H,4-6,8-9,11-15,17-18,20-24,26-27,29-33,36-66H2,1-3H3/b10-7-,19-16-,28-25-,35-34-. The lowest BCUT2D eigenvalue weighted by Crippen LogP contribution is -2.30. The molecule has 0 heterocycles. The quantitative estimate of drug-likeness (QED) is 0.0261. The fourth-order valence-corrected chi connectivity index (χ4v) is 10.1. The van der Waals surface area contributed by atoms with E-state index in [0.717, 1.165) is 89.9 Å². The van der Waals surface area contributed by atoms with Crippen LogP contribution in [0.2, 0.25) is 0 Å². The molecule has 0 fully saturated rings. The molecule has 0 radical (unpaired) electrons. The summed E-state index contributed by atoms with van der Waals surface area (Å²) in [5.41, 5.74) is 0. The Bertz CT molecular complexity index is 1310. The van der Waals surface area contributed by atoms with Crippen LogP contribution in [-0.2, 0) is 28.6 Å². The Morgan fingerprint density at radius 3 is 0.803 bits per heavy atom. The van der Waals surface area contributed by atoms with E-state index in [9.17, 15) is 14.4 Å². The first-order valence-corrected chi connectivity index (χ1v) is 33.6. The summed E-state index contributed by atoms with van der Waals surface area (Å²) in [6.45, 7) is 6.60. The highest BCUT2D eigenvalue weighted by Gasteiger charge is 2.19. The molecule has 6 heteroatoms. The summed E-state index contributed by atoms with van der Waals surface area (Å²) < 4.78 is 17.0. The van der Waals surface area contributed by atoms with Crippen LogP contribution in [0.5, 0.6) is 0 Å². The molecule has 0 amide bonds. The van der Waals surface area contributed by atoms with Crippen LogP contribution in [0.3, 0.4) is 0 Å². The second kappa shape index (κ2) is 64.9. The number of hydrogen-bond donors (Lipinski definition) is 0. The van der Waals surface area contributed by atoms with E-state index in [2.05, 4.69) is 69.4 Å². The lowest BCUT2D eigenvalue weighted by Gasteiger charge is -2.18. The van der Waals surface area contributed by atoms with Gasteiger partial charge in [0.15, 0.2) is 6.10 Å². The third-order valence-corrected chi connectivity index (χ3v) is 15.1. The van der Waals surface area contributed by atoms with Gasteiger partial charge in [0.1, 0.15) is 13.2 Å². The Labute approximate surface area is 473 Å². The van der Waals surface area contributed by atoms with E-state index in [-0.39, 0.29) is 31.1 Å². The Hall–Kier alpha value is -2.63. The molecule has 0 N–H and O–H groups in total. The van der Waals surface area contributed by atoms with Gasteiger partial charge in [-0.3, -0.25) is 14.4 Å². The zero-order valence-corrected chi connectivity index (χ0v) is 51.0. The van der Waals surface area contributed by atoms with Crippen molar-refractivity contribution >= 4 is 17.9 Å². The van der Waals surface area contributed by atoms with Crippen molar-refractivity contribution in [3.63, 3.8) is 0 Å². The fraction of sp³-hybridized carbons (Fsp3) is 0.843. The van der Waals surface area contributed by atoms with Crippen molar-refractivity contribution in [2.24, 2.45) is 0 Å². The van der Waals surface area contributed by atoms with E-state index >= 15 is 0 Å². The molecule has 0 spiro atoms. The minimum atomic E-state index is -0.774. The van der Waals surface area contributed by atoms with Crippen LogP contribution in [0.1, 0.15) is 361 Å². The summed E-state index contributed by atoms with van der Waals surface area (Å²) >= 11 is 0. The lowest BCUT2D eigenvalue weighted by molar-refractivity contribution is -0.167. The van der Waals surface area contributed by atoms with Crippen molar-refractivity contribution in [1.29, 1.82) is 0 Å². The summed E-state index contributed by atoms with van der Waals surface area (Å²) in [5.74, 6) is -0.850. The van der Waals surface area contributed by atoms with Crippen LogP contribution in [0.4, 0.5) is 0 Å². The molecule has 0 rings (SSSR count). The number of ether oxygens (including phenoxy) is 3. The highest BCUT2D eigenvalue weighted by molar-refractivity contribution is 5.71. The maximum absolute atomic E-state index is 12.9. The summed E-state index contributed by atoms with van der Waals surface area (Å²) in [6.07, 6.45) is 81.2. The average molecular weight is 1070 g/mol. The first-order valence-electron chi connectivity index (χ1n) is 33.6. The van der Waals surface area contributed by atoms with Crippen LogP contribution in [0.25, 0.3) is 0 Å². The van der Waals surface area contributed by atoms with Crippen LogP contribution < -0.4 is 0 Å². The number of allylic oxidation sites excluding steroid dienone is 8. The molecule has 76 heavy (non-hydrogen) atoms. The molecule has 0 aliphatic rings. The lowest BCUT2D eigenvalue weighted by atomic mass is 10.0. The maximum atomic E-state index is 12.9. The summed E-state index contributed by atoms with van der Waals surface area (Å²) in [4.78, 5) is 38.4. The molecular weight excluding hydrogens is 937 g/mol. The molecule has 0 aromatic heterocycles. The number of carbonyl (C=O) groups excluding carboxylic acids is 3. The van der Waals surface area contributed by atoms with Gasteiger partial charge < -0.3 is 14.2 Å². The van der Waals surface area contributed by atoms with Crippen molar-refractivity contribution in [3.8, 4) is 0 Å². The Kier molecular flexibility index (Phi) is 62.6. The molecular formula is C70H128O6. The molecule has 0 aliphatic carbocycles. The van der Waals surface area contributed by atoms with Gasteiger partial charge in [-0.05, 0) is 57.8 Å². The molecule has 0 bridgehead atoms. The van der Waals surface area contributed by atoms with E-state index in [4.69, 9.17) is 14.2 Å². The van der Waals surface area contributed by atoms with Crippen LogP contribution in [0, 0.1) is 0 Å². The molecule has 0 aromatic carbocycles. The van der Waals surface area contributed by atoms with Crippen LogP contribution >= 0.6 is 0 Å². The van der Waals surface area contributed by atoms with E-state index in [0.29, 0.717) is 19.3 Å². The van der Waals surface area contributed by atoms with Crippen molar-refractivity contribution in [3.05, 3.63) is 48.6 Å². The summed E-state index contributed by atoms with van der Waals surface area (Å²) in [7, 11) is 0. The van der Waals surface area contributed by atoms with Gasteiger partial charge >= 0.3 is 17.9 Å². The van der Waals surface area contributed by atoms with Crippen molar-refractivity contribution in [1.82, 2.24) is 0 Å². The van der Waals surface area contributed by atoms with Gasteiger partial charge in [-0.2, -0.15) is 0 Å². The van der Waals surface area contributed by atoms with Crippen molar-refractivity contribution in [2.45, 2.75) is 367 Å². The predicted octanol–water partition coefficient (Wildman–Crippen LogP) is 22.9. The minimum Gasteiger partial charge on any atom is -0.462 e. The van der Waals surface area contributed by atoms with Gasteiger partial charge in [-0.15, -0.1) is 0 Å². The van der Waals surface area contributed by atoms with E-state index < -0.39 is 6.10 Å². The Morgan fingerprint density at radius 2 is 0.513 bits per heavy atom. The molecule has 0 saturated heterocycles. The highest BCUT2D eigenvalue weighted by Crippen LogP contribution is 2.18. The Morgan fingerprint density at radius 1 is 0.276 bits per heavy atom. The number of hydrogen-bond acceptors (Lipinski definition) is 6. The highest BCUT2D eigenvalue weighted by atomic mass is 16.6. The predicted molar refractivity (Wildman–Crippen MR) is 330 cm³/mol. The first-order chi connectivity index (χ1) is 37.5. The van der Waals surface area contributed by atoms with Gasteiger partial charge in [0.25, 0.3) is 0 Å². The second-order valence-corrected chi connectivity index (χ2v) is 22.7. The zero-order chi connectivity index (χ0) is 55.0. The average Bonchev–Trinajstić information content (AvgIpc) is 3.42. The second-order valence-electron chi connectivity index (χ2n) is 22.7. The van der Waals surface area contributed by atoms with Gasteiger partial charge in [0, 0.05) is 19.3 Å². The maximum Gasteiger partial charge on any atom is 0.306 e. The molecule has 0 aromatic rings. The molecule has 6 nitrogen and oxygen atoms in total. The molecule has 1 atom stereocenters. The van der Waals surface area contributed by atoms with Crippen molar-refractivity contribution in [2.75, 3.05) is 13.2 Å². The van der Waals surface area contributed by atoms with E-state index in [1.165, 1.54) is 231 Å². The summed E-state index contributed by atoms with van der Waals surface area (Å²) in [5, 5.41) is 0. The van der Waals surface area contributed by atoms with Gasteiger partial charge in [-0.25, -0.2) is 0 Å². The molecule has 444 valence electrons. The first kappa shape index (κ1) is 73.4. The monoisotopic (exact) mass is 1060 g/mol. The molecule has 0 aliphatic heterocycles. The topological polar surface area (TPSA) is 78.9 Å². The van der Waals surface area contributed by atoms with Gasteiger partial charge in [0.05, 0.1) is 0 Å². The van der Waals surface area contributed by atoms with Gasteiger partial charge in [-0.1, -0.05) is 333 Å². The smallest absolute Gasteiger partial charge is 0.306 e. The van der Waals surface area contributed by atoms with E-state index in [1.54, 1.807) is 0 Å². The number of rotatable bonds is 62. The molecule has 1 unspecified atom stereocenters.